The van der Waals surface area contributed by atoms with E-state index in [9.17, 15) is 0 Å². The normalized spacial score (nSPS) is 9.23. The molecule has 0 heterocycles. The van der Waals surface area contributed by atoms with E-state index in [0.717, 1.165) is 11.4 Å². The van der Waals surface area contributed by atoms with E-state index >= 15 is 0 Å². The highest BCUT2D eigenvalue weighted by atomic mass is 35.5. The van der Waals surface area contributed by atoms with Crippen molar-refractivity contribution >= 4 is 18.1 Å². The van der Waals surface area contributed by atoms with Gasteiger partial charge in [0.25, 0.3) is 0 Å². The number of nitrogen functional groups attached to an aromatic ring is 1. The summed E-state index contributed by atoms with van der Waals surface area (Å²) in [6.07, 6.45) is 0.210. The van der Waals surface area contributed by atoms with Crippen molar-refractivity contribution in [3.8, 4) is 5.75 Å². The molecule has 1 aromatic rings. The van der Waals surface area contributed by atoms with E-state index < -0.39 is 0 Å². The van der Waals surface area contributed by atoms with Crippen LogP contribution in [0, 0.1) is 0 Å². The zero-order valence-corrected chi connectivity index (χ0v) is 8.60. The standard InChI is InChI=1S/C9H14N2O.ClH/c1-7(2)12-9-5-3-8(11-10)4-6-9;/h3-7,11H,10H2,1-2H3;1H. The van der Waals surface area contributed by atoms with Crippen LogP contribution in [-0.2, 0) is 0 Å². The molecule has 3 nitrogen and oxygen atoms in total. The molecule has 4 heteroatoms. The number of halogens is 1. The molecule has 13 heavy (non-hydrogen) atoms. The Labute approximate surface area is 84.7 Å². The summed E-state index contributed by atoms with van der Waals surface area (Å²) in [6.45, 7) is 3.99. The van der Waals surface area contributed by atoms with Gasteiger partial charge in [-0.15, -0.1) is 12.4 Å². The molecule has 0 aliphatic heterocycles. The van der Waals surface area contributed by atoms with Gasteiger partial charge in [-0.1, -0.05) is 0 Å². The SMILES string of the molecule is CC(C)Oc1ccc(NN)cc1.Cl. The van der Waals surface area contributed by atoms with E-state index in [1.807, 2.05) is 38.1 Å². The van der Waals surface area contributed by atoms with Gasteiger partial charge in [-0.25, -0.2) is 0 Å². The zero-order chi connectivity index (χ0) is 8.97. The Morgan fingerprint density at radius 2 is 1.77 bits per heavy atom. The summed E-state index contributed by atoms with van der Waals surface area (Å²) in [4.78, 5) is 0. The number of hydrazine groups is 1. The first-order chi connectivity index (χ1) is 5.72. The second kappa shape index (κ2) is 5.67. The molecule has 3 N–H and O–H groups in total. The summed E-state index contributed by atoms with van der Waals surface area (Å²) < 4.78 is 5.45. The largest absolute Gasteiger partial charge is 0.491 e. The molecule has 0 saturated carbocycles. The summed E-state index contributed by atoms with van der Waals surface area (Å²) in [7, 11) is 0. The van der Waals surface area contributed by atoms with Crippen molar-refractivity contribution in [1.29, 1.82) is 0 Å². The van der Waals surface area contributed by atoms with E-state index in [4.69, 9.17) is 10.6 Å². The van der Waals surface area contributed by atoms with E-state index in [1.165, 1.54) is 0 Å². The molecule has 1 rings (SSSR count). The average molecular weight is 203 g/mol. The maximum absolute atomic E-state index is 5.45. The minimum atomic E-state index is 0. The van der Waals surface area contributed by atoms with Gasteiger partial charge in [-0.3, -0.25) is 5.84 Å². The van der Waals surface area contributed by atoms with Crippen LogP contribution in [0.1, 0.15) is 13.8 Å². The van der Waals surface area contributed by atoms with Gasteiger partial charge in [-0.2, -0.15) is 0 Å². The van der Waals surface area contributed by atoms with E-state index in [2.05, 4.69) is 5.43 Å². The molecule has 0 aromatic heterocycles. The topological polar surface area (TPSA) is 47.3 Å². The molecule has 74 valence electrons. The molecule has 1 aromatic carbocycles. The molecule has 0 aliphatic rings. The Bertz CT molecular complexity index is 236. The summed E-state index contributed by atoms with van der Waals surface area (Å²) in [5.74, 6) is 6.08. The fourth-order valence-corrected chi connectivity index (χ4v) is 0.902. The van der Waals surface area contributed by atoms with Gasteiger partial charge in [-0.05, 0) is 38.1 Å². The lowest BCUT2D eigenvalue weighted by atomic mass is 10.3. The van der Waals surface area contributed by atoms with Crippen LogP contribution in [0.3, 0.4) is 0 Å². The van der Waals surface area contributed by atoms with E-state index in [1.54, 1.807) is 0 Å². The van der Waals surface area contributed by atoms with Crippen LogP contribution >= 0.6 is 12.4 Å². The summed E-state index contributed by atoms with van der Waals surface area (Å²) in [5.41, 5.74) is 3.43. The summed E-state index contributed by atoms with van der Waals surface area (Å²) in [6, 6.07) is 7.51. The monoisotopic (exact) mass is 202 g/mol. The predicted molar refractivity (Wildman–Crippen MR) is 57.3 cm³/mol. The highest BCUT2D eigenvalue weighted by Gasteiger charge is 1.96. The number of rotatable bonds is 3. The molecule has 0 spiro atoms. The maximum Gasteiger partial charge on any atom is 0.119 e. The zero-order valence-electron chi connectivity index (χ0n) is 7.78. The summed E-state index contributed by atoms with van der Waals surface area (Å²) in [5, 5.41) is 0. The number of nitrogens with two attached hydrogens (primary N) is 1. The molecule has 0 unspecified atom stereocenters. The number of anilines is 1. The lowest BCUT2D eigenvalue weighted by Crippen LogP contribution is -2.07. The van der Waals surface area contributed by atoms with Gasteiger partial charge in [0.1, 0.15) is 5.75 Å². The van der Waals surface area contributed by atoms with Crippen molar-refractivity contribution in [2.45, 2.75) is 20.0 Å². The van der Waals surface area contributed by atoms with Gasteiger partial charge in [0, 0.05) is 5.69 Å². The molecule has 0 aliphatic carbocycles. The van der Waals surface area contributed by atoms with E-state index in [-0.39, 0.29) is 18.5 Å². The summed E-state index contributed by atoms with van der Waals surface area (Å²) >= 11 is 0. The average Bonchev–Trinajstić information content (AvgIpc) is 2.05. The van der Waals surface area contributed by atoms with Crippen molar-refractivity contribution in [3.63, 3.8) is 0 Å². The number of hydrogen-bond donors (Lipinski definition) is 2. The minimum absolute atomic E-state index is 0. The molecular weight excluding hydrogens is 188 g/mol. The molecule has 0 fully saturated rings. The van der Waals surface area contributed by atoms with Gasteiger partial charge >= 0.3 is 0 Å². The van der Waals surface area contributed by atoms with Crippen LogP contribution in [0.25, 0.3) is 0 Å². The predicted octanol–water partition coefficient (Wildman–Crippen LogP) is 2.18. The van der Waals surface area contributed by atoms with Crippen molar-refractivity contribution in [1.82, 2.24) is 0 Å². The Kier molecular flexibility index (Phi) is 5.26. The van der Waals surface area contributed by atoms with E-state index in [0.29, 0.717) is 0 Å². The van der Waals surface area contributed by atoms with Gasteiger partial charge in [0.2, 0.25) is 0 Å². The minimum Gasteiger partial charge on any atom is -0.491 e. The third-order valence-corrected chi connectivity index (χ3v) is 1.39. The first kappa shape index (κ1) is 12.1. The lowest BCUT2D eigenvalue weighted by molar-refractivity contribution is 0.242. The highest BCUT2D eigenvalue weighted by Crippen LogP contribution is 2.15. The number of hydrogen-bond acceptors (Lipinski definition) is 3. The Morgan fingerprint density at radius 3 is 2.15 bits per heavy atom. The van der Waals surface area contributed by atoms with Crippen LogP contribution in [0.5, 0.6) is 5.75 Å². The van der Waals surface area contributed by atoms with Gasteiger partial charge in [0.15, 0.2) is 0 Å². The number of nitrogens with one attached hydrogen (secondary N) is 1. The third-order valence-electron chi connectivity index (χ3n) is 1.39. The quantitative estimate of drug-likeness (QED) is 0.584. The molecule has 0 bridgehead atoms. The van der Waals surface area contributed by atoms with Crippen LogP contribution < -0.4 is 16.0 Å². The van der Waals surface area contributed by atoms with Crippen LogP contribution in [0.15, 0.2) is 24.3 Å². The molecule has 0 radical (unpaired) electrons. The smallest absolute Gasteiger partial charge is 0.119 e. The maximum atomic E-state index is 5.45. The first-order valence-corrected chi connectivity index (χ1v) is 3.95. The van der Waals surface area contributed by atoms with Crippen molar-refractivity contribution in [2.75, 3.05) is 5.43 Å². The fourth-order valence-electron chi connectivity index (χ4n) is 0.902. The van der Waals surface area contributed by atoms with Crippen LogP contribution in [-0.4, -0.2) is 6.10 Å². The second-order valence-electron chi connectivity index (χ2n) is 2.84. The number of benzene rings is 1. The Hall–Kier alpha value is -0.930. The number of ether oxygens (including phenoxy) is 1. The molecular formula is C9H15ClN2O. The molecule has 0 atom stereocenters. The molecule has 0 amide bonds. The second-order valence-corrected chi connectivity index (χ2v) is 2.84. The Balaban J connectivity index is 0.00000144. The van der Waals surface area contributed by atoms with Gasteiger partial charge in [0.05, 0.1) is 6.10 Å². The van der Waals surface area contributed by atoms with Crippen molar-refractivity contribution < 1.29 is 4.74 Å². The lowest BCUT2D eigenvalue weighted by Gasteiger charge is -2.09. The van der Waals surface area contributed by atoms with Crippen molar-refractivity contribution in [2.24, 2.45) is 5.84 Å². The molecule has 0 saturated heterocycles. The van der Waals surface area contributed by atoms with Crippen LogP contribution in [0.4, 0.5) is 5.69 Å². The van der Waals surface area contributed by atoms with Crippen molar-refractivity contribution in [3.05, 3.63) is 24.3 Å². The van der Waals surface area contributed by atoms with Crippen LogP contribution in [0.2, 0.25) is 0 Å². The first-order valence-electron chi connectivity index (χ1n) is 3.95. The third kappa shape index (κ3) is 4.01. The fraction of sp³-hybridized carbons (Fsp3) is 0.333. The Morgan fingerprint density at radius 1 is 1.23 bits per heavy atom. The van der Waals surface area contributed by atoms with Gasteiger partial charge < -0.3 is 10.2 Å². The highest BCUT2D eigenvalue weighted by molar-refractivity contribution is 5.85.